The molecule has 2 amide bonds. The summed E-state index contributed by atoms with van der Waals surface area (Å²) in [7, 11) is 0. The summed E-state index contributed by atoms with van der Waals surface area (Å²) in [5, 5.41) is 16.4. The number of carbonyl (C=O) groups is 2. The van der Waals surface area contributed by atoms with Crippen LogP contribution in [-0.4, -0.2) is 29.7 Å². The Morgan fingerprint density at radius 3 is 2.74 bits per heavy atom. The molecule has 0 heterocycles. The second kappa shape index (κ2) is 10.3. The van der Waals surface area contributed by atoms with E-state index in [1.807, 2.05) is 35.6 Å². The van der Waals surface area contributed by atoms with Crippen molar-refractivity contribution in [1.82, 2.24) is 5.43 Å². The number of aromatic hydroxyl groups is 1. The molecule has 9 heteroatoms. The van der Waals surface area contributed by atoms with E-state index in [9.17, 15) is 14.7 Å². The molecular formula is C18H17BrIN3O4. The fraction of sp³-hybridized carbons (Fsp3) is 0.167. The second-order valence-electron chi connectivity index (χ2n) is 5.28. The average molecular weight is 546 g/mol. The zero-order valence-corrected chi connectivity index (χ0v) is 18.1. The first kappa shape index (κ1) is 21.2. The lowest BCUT2D eigenvalue weighted by atomic mass is 10.2. The number of phenolic OH excluding ortho intramolecular Hbond substituents is 1. The summed E-state index contributed by atoms with van der Waals surface area (Å²) in [6.45, 7) is 2.22. The van der Waals surface area contributed by atoms with Gasteiger partial charge in [-0.05, 0) is 75.3 Å². The van der Waals surface area contributed by atoms with Crippen LogP contribution >= 0.6 is 38.5 Å². The Morgan fingerprint density at radius 1 is 1.30 bits per heavy atom. The maximum Gasteiger partial charge on any atom is 0.249 e. The van der Waals surface area contributed by atoms with Gasteiger partial charge in [-0.2, -0.15) is 5.10 Å². The van der Waals surface area contributed by atoms with Crippen LogP contribution < -0.4 is 15.5 Å². The number of anilines is 1. The number of phenols is 1. The predicted octanol–water partition coefficient (Wildman–Crippen LogP) is 3.64. The van der Waals surface area contributed by atoms with E-state index in [0.717, 1.165) is 4.47 Å². The van der Waals surface area contributed by atoms with Crippen LogP contribution in [0.3, 0.4) is 0 Å². The van der Waals surface area contributed by atoms with Crippen molar-refractivity contribution in [3.8, 4) is 11.5 Å². The van der Waals surface area contributed by atoms with Crippen molar-refractivity contribution in [2.75, 3.05) is 11.9 Å². The molecule has 0 aliphatic rings. The van der Waals surface area contributed by atoms with Gasteiger partial charge in [-0.15, -0.1) is 0 Å². The summed E-state index contributed by atoms with van der Waals surface area (Å²) in [6.07, 6.45) is 1.05. The molecule has 0 saturated heterocycles. The molecule has 0 bridgehead atoms. The summed E-state index contributed by atoms with van der Waals surface area (Å²) in [4.78, 5) is 23.8. The molecule has 27 heavy (non-hydrogen) atoms. The molecule has 0 aromatic heterocycles. The van der Waals surface area contributed by atoms with Gasteiger partial charge in [-0.1, -0.05) is 12.1 Å². The van der Waals surface area contributed by atoms with Crippen LogP contribution in [0.4, 0.5) is 5.69 Å². The van der Waals surface area contributed by atoms with Gasteiger partial charge in [0.25, 0.3) is 0 Å². The van der Waals surface area contributed by atoms with Crippen molar-refractivity contribution < 1.29 is 19.4 Å². The molecule has 2 aromatic carbocycles. The first-order valence-electron chi connectivity index (χ1n) is 7.92. The first-order valence-corrected chi connectivity index (χ1v) is 9.79. The Morgan fingerprint density at radius 2 is 2.04 bits per heavy atom. The zero-order chi connectivity index (χ0) is 19.8. The Balaban J connectivity index is 1.91. The van der Waals surface area contributed by atoms with E-state index < -0.39 is 11.8 Å². The van der Waals surface area contributed by atoms with Crippen LogP contribution in [0.1, 0.15) is 18.9 Å². The number of hydrazone groups is 1. The van der Waals surface area contributed by atoms with E-state index in [1.54, 1.807) is 30.3 Å². The van der Waals surface area contributed by atoms with E-state index in [0.29, 0.717) is 27.2 Å². The molecule has 0 atom stereocenters. The number of halogens is 2. The molecule has 0 fully saturated rings. The molecule has 7 nitrogen and oxygen atoms in total. The average Bonchev–Trinajstić information content (AvgIpc) is 2.61. The van der Waals surface area contributed by atoms with Crippen molar-refractivity contribution in [3.63, 3.8) is 0 Å². The van der Waals surface area contributed by atoms with Crippen LogP contribution in [0.5, 0.6) is 11.5 Å². The molecule has 2 aromatic rings. The number of rotatable bonds is 7. The smallest absolute Gasteiger partial charge is 0.249 e. The van der Waals surface area contributed by atoms with E-state index in [-0.39, 0.29) is 12.2 Å². The van der Waals surface area contributed by atoms with E-state index in [2.05, 4.69) is 31.8 Å². The van der Waals surface area contributed by atoms with Crippen LogP contribution in [0.25, 0.3) is 0 Å². The Hall–Kier alpha value is -2.14. The first-order chi connectivity index (χ1) is 12.9. The lowest BCUT2D eigenvalue weighted by Gasteiger charge is -2.08. The lowest BCUT2D eigenvalue weighted by Crippen LogP contribution is -2.24. The van der Waals surface area contributed by atoms with Gasteiger partial charge in [0, 0.05) is 4.47 Å². The number of hydrogen-bond acceptors (Lipinski definition) is 5. The van der Waals surface area contributed by atoms with Crippen molar-refractivity contribution in [2.24, 2.45) is 5.10 Å². The van der Waals surface area contributed by atoms with E-state index in [4.69, 9.17) is 4.74 Å². The number of carbonyl (C=O) groups excluding carboxylic acids is 2. The monoisotopic (exact) mass is 545 g/mol. The highest BCUT2D eigenvalue weighted by molar-refractivity contribution is 14.1. The van der Waals surface area contributed by atoms with Crippen molar-refractivity contribution in [2.45, 2.75) is 13.3 Å². The number of ether oxygens (including phenoxy) is 1. The molecular weight excluding hydrogens is 529 g/mol. The zero-order valence-electron chi connectivity index (χ0n) is 14.3. The number of para-hydroxylation sites is 1. The maximum atomic E-state index is 11.9. The number of hydrogen-bond donors (Lipinski definition) is 3. The number of benzene rings is 2. The molecule has 0 spiro atoms. The Bertz CT molecular complexity index is 874. The van der Waals surface area contributed by atoms with Gasteiger partial charge < -0.3 is 15.2 Å². The molecule has 0 aliphatic carbocycles. The third kappa shape index (κ3) is 6.51. The van der Waals surface area contributed by atoms with Crippen molar-refractivity contribution in [3.05, 3.63) is 50.0 Å². The van der Waals surface area contributed by atoms with Crippen molar-refractivity contribution >= 4 is 62.2 Å². The predicted molar refractivity (Wildman–Crippen MR) is 115 cm³/mol. The van der Waals surface area contributed by atoms with Crippen LogP contribution in [0, 0.1) is 3.57 Å². The molecule has 0 saturated carbocycles. The van der Waals surface area contributed by atoms with Crippen LogP contribution in [0.15, 0.2) is 46.0 Å². The minimum atomic E-state index is -0.547. The summed E-state index contributed by atoms with van der Waals surface area (Å²) >= 11 is 5.29. The Labute approximate surface area is 178 Å². The highest BCUT2D eigenvalue weighted by atomic mass is 127. The van der Waals surface area contributed by atoms with Gasteiger partial charge in [-0.3, -0.25) is 9.59 Å². The van der Waals surface area contributed by atoms with Gasteiger partial charge in [0.2, 0.25) is 11.8 Å². The summed E-state index contributed by atoms with van der Waals surface area (Å²) in [5.74, 6) is -0.603. The number of nitrogens with one attached hydrogen (secondary N) is 2. The number of amides is 2. The van der Waals surface area contributed by atoms with E-state index in [1.165, 1.54) is 6.21 Å². The lowest BCUT2D eigenvalue weighted by molar-refractivity contribution is -0.126. The largest absolute Gasteiger partial charge is 0.504 e. The fourth-order valence-electron chi connectivity index (χ4n) is 2.05. The minimum absolute atomic E-state index is 0.0578. The maximum absolute atomic E-state index is 11.9. The fourth-order valence-corrected chi connectivity index (χ4v) is 3.06. The highest BCUT2D eigenvalue weighted by Gasteiger charge is 2.11. The molecule has 142 valence electrons. The standard InChI is InChI=1S/C18H17BrIN3O4/c1-2-27-15-8-11(7-13(20)18(15)26)10-21-23-17(25)9-16(24)22-14-6-4-3-5-12(14)19/h3-8,10,26H,2,9H2,1H3,(H,22,24)(H,23,25)/b21-10+. The topological polar surface area (TPSA) is 100 Å². The highest BCUT2D eigenvalue weighted by Crippen LogP contribution is 2.32. The molecule has 0 unspecified atom stereocenters. The quantitative estimate of drug-likeness (QED) is 0.214. The normalized spacial score (nSPS) is 10.6. The van der Waals surface area contributed by atoms with Gasteiger partial charge in [0.15, 0.2) is 11.5 Å². The van der Waals surface area contributed by atoms with Gasteiger partial charge in [0.1, 0.15) is 6.42 Å². The van der Waals surface area contributed by atoms with Gasteiger partial charge >= 0.3 is 0 Å². The molecule has 0 radical (unpaired) electrons. The third-order valence-electron chi connectivity index (χ3n) is 3.22. The summed E-state index contributed by atoms with van der Waals surface area (Å²) in [5.41, 5.74) is 3.52. The molecule has 3 N–H and O–H groups in total. The van der Waals surface area contributed by atoms with Crippen LogP contribution in [-0.2, 0) is 9.59 Å². The van der Waals surface area contributed by atoms with Crippen molar-refractivity contribution in [1.29, 1.82) is 0 Å². The molecule has 0 aliphatic heterocycles. The molecule has 2 rings (SSSR count). The van der Waals surface area contributed by atoms with Gasteiger partial charge in [0.05, 0.1) is 22.1 Å². The summed E-state index contributed by atoms with van der Waals surface area (Å²) < 4.78 is 6.67. The minimum Gasteiger partial charge on any atom is -0.504 e. The second-order valence-corrected chi connectivity index (χ2v) is 7.30. The third-order valence-corrected chi connectivity index (χ3v) is 4.74. The summed E-state index contributed by atoms with van der Waals surface area (Å²) in [6, 6.07) is 10.4. The van der Waals surface area contributed by atoms with Crippen LogP contribution in [0.2, 0.25) is 0 Å². The number of nitrogens with zero attached hydrogens (tertiary/aromatic N) is 1. The van der Waals surface area contributed by atoms with Gasteiger partial charge in [-0.25, -0.2) is 5.43 Å². The Kier molecular flexibility index (Phi) is 8.04. The SMILES string of the molecule is CCOc1cc(/C=N/NC(=O)CC(=O)Nc2ccccc2Br)cc(I)c1O. The van der Waals surface area contributed by atoms with E-state index >= 15 is 0 Å².